The van der Waals surface area contributed by atoms with E-state index in [1.165, 1.54) is 6.07 Å². The summed E-state index contributed by atoms with van der Waals surface area (Å²) in [6.45, 7) is 5.77. The lowest BCUT2D eigenvalue weighted by atomic mass is 10.1. The minimum atomic E-state index is -0.119. The maximum Gasteiger partial charge on any atom is 0.251 e. The quantitative estimate of drug-likeness (QED) is 0.796. The molecule has 0 bridgehead atoms. The first-order valence-corrected chi connectivity index (χ1v) is 7.90. The fraction of sp³-hybridized carbons (Fsp3) is 0.200. The van der Waals surface area contributed by atoms with Crippen LogP contribution in [-0.2, 0) is 0 Å². The highest BCUT2D eigenvalue weighted by Gasteiger charge is 2.10. The SMILES string of the molecule is Cc1ccc2oc(-c3ccc(C(=O)NC(C)C)cc3)cc(=O)c2c1. The van der Waals surface area contributed by atoms with E-state index in [-0.39, 0.29) is 17.4 Å². The largest absolute Gasteiger partial charge is 0.456 e. The van der Waals surface area contributed by atoms with Crippen molar-refractivity contribution in [1.82, 2.24) is 5.32 Å². The summed E-state index contributed by atoms with van der Waals surface area (Å²) in [5.41, 5.74) is 2.84. The fourth-order valence-electron chi connectivity index (χ4n) is 2.54. The molecule has 4 nitrogen and oxygen atoms in total. The minimum Gasteiger partial charge on any atom is -0.456 e. The second kappa shape index (κ2) is 6.32. The molecule has 0 fully saturated rings. The van der Waals surface area contributed by atoms with Gasteiger partial charge in [-0.2, -0.15) is 0 Å². The van der Waals surface area contributed by atoms with Gasteiger partial charge in [0, 0.05) is 23.2 Å². The van der Waals surface area contributed by atoms with E-state index in [9.17, 15) is 9.59 Å². The molecule has 0 unspecified atom stereocenters. The molecule has 0 aliphatic carbocycles. The average molecular weight is 321 g/mol. The van der Waals surface area contributed by atoms with Crippen LogP contribution in [0.3, 0.4) is 0 Å². The summed E-state index contributed by atoms with van der Waals surface area (Å²) < 4.78 is 5.85. The Balaban J connectivity index is 1.97. The van der Waals surface area contributed by atoms with Gasteiger partial charge in [0.15, 0.2) is 5.43 Å². The normalized spacial score (nSPS) is 11.0. The van der Waals surface area contributed by atoms with Crippen LogP contribution < -0.4 is 10.7 Å². The van der Waals surface area contributed by atoms with Crippen molar-refractivity contribution in [3.8, 4) is 11.3 Å². The van der Waals surface area contributed by atoms with Crippen LogP contribution in [-0.4, -0.2) is 11.9 Å². The smallest absolute Gasteiger partial charge is 0.251 e. The topological polar surface area (TPSA) is 59.3 Å². The van der Waals surface area contributed by atoms with Crippen molar-refractivity contribution in [3.05, 3.63) is 69.9 Å². The second-order valence-corrected chi connectivity index (χ2v) is 6.18. The molecule has 1 amide bonds. The lowest BCUT2D eigenvalue weighted by molar-refractivity contribution is 0.0943. The molecular formula is C20H19NO3. The predicted molar refractivity (Wildman–Crippen MR) is 95.3 cm³/mol. The molecule has 1 aromatic heterocycles. The van der Waals surface area contributed by atoms with E-state index in [2.05, 4.69) is 5.32 Å². The molecule has 0 aliphatic rings. The summed E-state index contributed by atoms with van der Waals surface area (Å²) >= 11 is 0. The minimum absolute atomic E-state index is 0.0726. The van der Waals surface area contributed by atoms with Gasteiger partial charge in [-0.25, -0.2) is 0 Å². The number of hydrogen-bond acceptors (Lipinski definition) is 3. The number of carbonyl (C=O) groups excluding carboxylic acids is 1. The first-order valence-electron chi connectivity index (χ1n) is 7.90. The number of benzene rings is 2. The van der Waals surface area contributed by atoms with E-state index in [0.29, 0.717) is 22.3 Å². The molecule has 4 heteroatoms. The molecule has 0 aliphatic heterocycles. The molecule has 1 heterocycles. The van der Waals surface area contributed by atoms with E-state index in [1.807, 2.05) is 32.9 Å². The third kappa shape index (κ3) is 3.23. The zero-order valence-electron chi connectivity index (χ0n) is 13.9. The van der Waals surface area contributed by atoms with E-state index < -0.39 is 0 Å². The fourth-order valence-corrected chi connectivity index (χ4v) is 2.54. The van der Waals surface area contributed by atoms with E-state index in [1.54, 1.807) is 30.3 Å². The molecule has 0 atom stereocenters. The van der Waals surface area contributed by atoms with Crippen molar-refractivity contribution >= 4 is 16.9 Å². The van der Waals surface area contributed by atoms with Crippen molar-refractivity contribution < 1.29 is 9.21 Å². The van der Waals surface area contributed by atoms with Crippen LogP contribution in [0.25, 0.3) is 22.3 Å². The van der Waals surface area contributed by atoms with Gasteiger partial charge >= 0.3 is 0 Å². The molecule has 0 radical (unpaired) electrons. The van der Waals surface area contributed by atoms with Crippen molar-refractivity contribution in [3.63, 3.8) is 0 Å². The van der Waals surface area contributed by atoms with Crippen LogP contribution in [0.5, 0.6) is 0 Å². The Morgan fingerprint density at radius 2 is 1.75 bits per heavy atom. The summed E-state index contributed by atoms with van der Waals surface area (Å²) in [6.07, 6.45) is 0. The van der Waals surface area contributed by atoms with Crippen LogP contribution in [0.1, 0.15) is 29.8 Å². The third-order valence-electron chi connectivity index (χ3n) is 3.73. The Labute approximate surface area is 140 Å². The summed E-state index contributed by atoms with van der Waals surface area (Å²) in [6, 6.07) is 14.1. The van der Waals surface area contributed by atoms with Gasteiger partial charge in [-0.1, -0.05) is 23.8 Å². The molecule has 1 N–H and O–H groups in total. The van der Waals surface area contributed by atoms with Gasteiger partial charge in [-0.3, -0.25) is 9.59 Å². The van der Waals surface area contributed by atoms with Gasteiger partial charge in [0.05, 0.1) is 5.39 Å². The van der Waals surface area contributed by atoms with Crippen LogP contribution in [0.4, 0.5) is 0 Å². The number of carbonyl (C=O) groups is 1. The maximum absolute atomic E-state index is 12.3. The number of nitrogens with one attached hydrogen (secondary N) is 1. The van der Waals surface area contributed by atoms with Crippen molar-refractivity contribution in [2.75, 3.05) is 0 Å². The summed E-state index contributed by atoms with van der Waals surface area (Å²) in [7, 11) is 0. The second-order valence-electron chi connectivity index (χ2n) is 6.18. The van der Waals surface area contributed by atoms with Crippen molar-refractivity contribution in [2.45, 2.75) is 26.8 Å². The van der Waals surface area contributed by atoms with Gasteiger partial charge in [0.1, 0.15) is 11.3 Å². The lowest BCUT2D eigenvalue weighted by Crippen LogP contribution is -2.29. The number of rotatable bonds is 3. The predicted octanol–water partition coefficient (Wildman–Crippen LogP) is 3.91. The first kappa shape index (κ1) is 16.0. The number of fused-ring (bicyclic) bond motifs is 1. The van der Waals surface area contributed by atoms with Gasteiger partial charge < -0.3 is 9.73 Å². The molecule has 2 aromatic carbocycles. The Bertz CT molecular complexity index is 953. The van der Waals surface area contributed by atoms with Crippen LogP contribution >= 0.6 is 0 Å². The Morgan fingerprint density at radius 3 is 2.42 bits per heavy atom. The number of hydrogen-bond donors (Lipinski definition) is 1. The van der Waals surface area contributed by atoms with Gasteiger partial charge in [-0.15, -0.1) is 0 Å². The molecule has 122 valence electrons. The highest BCUT2D eigenvalue weighted by Crippen LogP contribution is 2.23. The summed E-state index contributed by atoms with van der Waals surface area (Å²) in [5, 5.41) is 3.42. The van der Waals surface area contributed by atoms with Crippen LogP contribution in [0.15, 0.2) is 57.7 Å². The standard InChI is InChI=1S/C20H19NO3/c1-12(2)21-20(23)15-7-5-14(6-8-15)19-11-17(22)16-10-13(3)4-9-18(16)24-19/h4-12H,1-3H3,(H,21,23). The summed E-state index contributed by atoms with van der Waals surface area (Å²) in [4.78, 5) is 24.3. The van der Waals surface area contributed by atoms with E-state index >= 15 is 0 Å². The van der Waals surface area contributed by atoms with E-state index in [0.717, 1.165) is 11.1 Å². The zero-order chi connectivity index (χ0) is 17.3. The molecular weight excluding hydrogens is 302 g/mol. The van der Waals surface area contributed by atoms with Crippen molar-refractivity contribution in [1.29, 1.82) is 0 Å². The van der Waals surface area contributed by atoms with Gasteiger partial charge in [-0.05, 0) is 45.0 Å². The lowest BCUT2D eigenvalue weighted by Gasteiger charge is -2.09. The Morgan fingerprint density at radius 1 is 1.04 bits per heavy atom. The van der Waals surface area contributed by atoms with Gasteiger partial charge in [0.2, 0.25) is 0 Å². The highest BCUT2D eigenvalue weighted by atomic mass is 16.3. The third-order valence-corrected chi connectivity index (χ3v) is 3.73. The first-order chi connectivity index (χ1) is 11.4. The molecule has 0 spiro atoms. The van der Waals surface area contributed by atoms with Crippen LogP contribution in [0.2, 0.25) is 0 Å². The van der Waals surface area contributed by atoms with E-state index in [4.69, 9.17) is 4.42 Å². The number of aryl methyl sites for hydroxylation is 1. The molecule has 3 rings (SSSR count). The van der Waals surface area contributed by atoms with Crippen LogP contribution in [0, 0.1) is 6.92 Å². The maximum atomic E-state index is 12.3. The summed E-state index contributed by atoms with van der Waals surface area (Å²) in [5.74, 6) is 0.374. The zero-order valence-corrected chi connectivity index (χ0v) is 13.9. The average Bonchev–Trinajstić information content (AvgIpc) is 2.55. The van der Waals surface area contributed by atoms with Crippen molar-refractivity contribution in [2.24, 2.45) is 0 Å². The van der Waals surface area contributed by atoms with Gasteiger partial charge in [0.25, 0.3) is 5.91 Å². The molecule has 0 saturated heterocycles. The highest BCUT2D eigenvalue weighted by molar-refractivity contribution is 5.94. The number of amides is 1. The molecule has 3 aromatic rings. The Kier molecular flexibility index (Phi) is 4.21. The molecule has 24 heavy (non-hydrogen) atoms. The molecule has 0 saturated carbocycles. The Hall–Kier alpha value is -2.88. The monoisotopic (exact) mass is 321 g/mol.